The van der Waals surface area contributed by atoms with E-state index in [1.807, 2.05) is 0 Å². The van der Waals surface area contributed by atoms with Crippen LogP contribution in [0, 0.1) is 0 Å². The minimum absolute atomic E-state index is 0.00214. The molecular formula is C11H15N5O. The molecule has 0 aliphatic carbocycles. The second-order valence-electron chi connectivity index (χ2n) is 4.42. The van der Waals surface area contributed by atoms with Gasteiger partial charge >= 0.3 is 0 Å². The third kappa shape index (κ3) is 1.64. The Morgan fingerprint density at radius 2 is 2.47 bits per heavy atom. The average molecular weight is 233 g/mol. The Morgan fingerprint density at radius 3 is 3.12 bits per heavy atom. The van der Waals surface area contributed by atoms with E-state index < -0.39 is 0 Å². The lowest BCUT2D eigenvalue weighted by Crippen LogP contribution is -2.28. The lowest BCUT2D eigenvalue weighted by Gasteiger charge is -2.20. The molecule has 2 aromatic heterocycles. The molecule has 1 saturated heterocycles. The van der Waals surface area contributed by atoms with Gasteiger partial charge in [-0.3, -0.25) is 0 Å². The number of nitrogens with one attached hydrogen (secondary N) is 2. The molecule has 1 aliphatic heterocycles. The van der Waals surface area contributed by atoms with Gasteiger partial charge in [-0.2, -0.15) is 4.98 Å². The molecule has 0 bridgehead atoms. The minimum atomic E-state index is -0.00214. The highest BCUT2D eigenvalue weighted by molar-refractivity contribution is 5.41. The summed E-state index contributed by atoms with van der Waals surface area (Å²) in [5, 5.41) is 7.34. The van der Waals surface area contributed by atoms with E-state index in [2.05, 4.69) is 32.3 Å². The molecule has 1 unspecified atom stereocenters. The maximum atomic E-state index is 5.41. The van der Waals surface area contributed by atoms with Crippen LogP contribution in [0.25, 0.3) is 11.6 Å². The summed E-state index contributed by atoms with van der Waals surface area (Å²) in [6.07, 6.45) is 5.47. The summed E-state index contributed by atoms with van der Waals surface area (Å²) >= 11 is 0. The predicted octanol–water partition coefficient (Wildman–Crippen LogP) is 1.10. The monoisotopic (exact) mass is 233 g/mol. The third-order valence-electron chi connectivity index (χ3n) is 3.51. The molecule has 3 rings (SSSR count). The van der Waals surface area contributed by atoms with E-state index in [0.29, 0.717) is 11.6 Å². The van der Waals surface area contributed by atoms with Gasteiger partial charge in [0.05, 0.1) is 5.41 Å². The quantitative estimate of drug-likeness (QED) is 0.829. The first-order valence-electron chi connectivity index (χ1n) is 5.89. The van der Waals surface area contributed by atoms with Gasteiger partial charge in [0.1, 0.15) is 0 Å². The fourth-order valence-corrected chi connectivity index (χ4v) is 2.30. The molecule has 3 heterocycles. The molecule has 0 amide bonds. The zero-order valence-electron chi connectivity index (χ0n) is 9.73. The van der Waals surface area contributed by atoms with Gasteiger partial charge in [-0.15, -0.1) is 0 Å². The fourth-order valence-electron chi connectivity index (χ4n) is 2.30. The second-order valence-corrected chi connectivity index (χ2v) is 4.42. The molecule has 2 N–H and O–H groups in total. The average Bonchev–Trinajstić information content (AvgIpc) is 3.10. The van der Waals surface area contributed by atoms with Crippen LogP contribution in [0.5, 0.6) is 0 Å². The van der Waals surface area contributed by atoms with E-state index in [1.54, 1.807) is 12.4 Å². The number of rotatable bonds is 3. The zero-order valence-corrected chi connectivity index (χ0v) is 9.73. The summed E-state index contributed by atoms with van der Waals surface area (Å²) in [4.78, 5) is 11.6. The molecule has 2 aromatic rings. The highest BCUT2D eigenvalue weighted by Gasteiger charge is 2.39. The number of nitrogens with zero attached hydrogens (tertiary/aromatic N) is 3. The Balaban J connectivity index is 1.94. The molecule has 1 aliphatic rings. The molecule has 6 heteroatoms. The molecule has 1 atom stereocenters. The van der Waals surface area contributed by atoms with Crippen LogP contribution in [0.15, 0.2) is 16.9 Å². The van der Waals surface area contributed by atoms with Crippen molar-refractivity contribution in [1.29, 1.82) is 0 Å². The summed E-state index contributed by atoms with van der Waals surface area (Å²) < 4.78 is 5.41. The molecule has 0 saturated carbocycles. The molecule has 0 aromatic carbocycles. The van der Waals surface area contributed by atoms with Crippen molar-refractivity contribution in [1.82, 2.24) is 25.4 Å². The van der Waals surface area contributed by atoms with Crippen molar-refractivity contribution in [3.8, 4) is 11.6 Å². The fraction of sp³-hybridized carbons (Fsp3) is 0.545. The van der Waals surface area contributed by atoms with E-state index >= 15 is 0 Å². The highest BCUT2D eigenvalue weighted by atomic mass is 16.5. The molecule has 90 valence electrons. The smallest absolute Gasteiger partial charge is 0.238 e. The van der Waals surface area contributed by atoms with Crippen LogP contribution in [-0.4, -0.2) is 33.2 Å². The Morgan fingerprint density at radius 1 is 1.53 bits per heavy atom. The van der Waals surface area contributed by atoms with E-state index in [9.17, 15) is 0 Å². The number of aromatic nitrogens is 4. The van der Waals surface area contributed by atoms with E-state index in [-0.39, 0.29) is 5.41 Å². The first-order chi connectivity index (χ1) is 8.34. The number of aromatic amines is 1. The molecular weight excluding hydrogens is 218 g/mol. The van der Waals surface area contributed by atoms with E-state index in [4.69, 9.17) is 4.52 Å². The molecule has 17 heavy (non-hydrogen) atoms. The maximum Gasteiger partial charge on any atom is 0.238 e. The summed E-state index contributed by atoms with van der Waals surface area (Å²) in [6, 6.07) is 0. The second kappa shape index (κ2) is 3.96. The normalized spacial score (nSPS) is 24.3. The largest absolute Gasteiger partial charge is 0.342 e. The molecule has 0 spiro atoms. The van der Waals surface area contributed by atoms with Crippen LogP contribution in [0.4, 0.5) is 0 Å². The standard InChI is InChI=1S/C11H15N5O/c1-2-11(3-4-12-7-11)10-15-9(16-17-10)8-13-5-6-14-8/h5-6,12H,2-4,7H2,1H3,(H,13,14). The highest BCUT2D eigenvalue weighted by Crippen LogP contribution is 2.33. The van der Waals surface area contributed by atoms with Crippen LogP contribution < -0.4 is 5.32 Å². The lowest BCUT2D eigenvalue weighted by molar-refractivity contribution is 0.285. The zero-order chi connectivity index (χ0) is 11.7. The third-order valence-corrected chi connectivity index (χ3v) is 3.51. The van der Waals surface area contributed by atoms with Gasteiger partial charge in [-0.05, 0) is 19.4 Å². The Labute approximate surface area is 98.8 Å². The Hall–Kier alpha value is -1.69. The Bertz CT molecular complexity index is 484. The van der Waals surface area contributed by atoms with Gasteiger partial charge in [0.25, 0.3) is 0 Å². The molecule has 6 nitrogen and oxygen atoms in total. The van der Waals surface area contributed by atoms with Gasteiger partial charge in [-0.25, -0.2) is 4.98 Å². The van der Waals surface area contributed by atoms with Crippen molar-refractivity contribution >= 4 is 0 Å². The topological polar surface area (TPSA) is 79.6 Å². The van der Waals surface area contributed by atoms with Gasteiger partial charge in [0.2, 0.25) is 11.7 Å². The predicted molar refractivity (Wildman–Crippen MR) is 61.3 cm³/mol. The van der Waals surface area contributed by atoms with E-state index in [0.717, 1.165) is 31.8 Å². The summed E-state index contributed by atoms with van der Waals surface area (Å²) in [7, 11) is 0. The van der Waals surface area contributed by atoms with E-state index in [1.165, 1.54) is 0 Å². The van der Waals surface area contributed by atoms with Crippen LogP contribution in [0.2, 0.25) is 0 Å². The summed E-state index contributed by atoms with van der Waals surface area (Å²) in [6.45, 7) is 4.07. The van der Waals surface area contributed by atoms with Crippen molar-refractivity contribution in [2.24, 2.45) is 0 Å². The Kier molecular flexibility index (Phi) is 2.44. The van der Waals surface area contributed by atoms with Crippen molar-refractivity contribution in [2.45, 2.75) is 25.2 Å². The summed E-state index contributed by atoms with van der Waals surface area (Å²) in [5.41, 5.74) is -0.00214. The van der Waals surface area contributed by atoms with Crippen LogP contribution in [0.3, 0.4) is 0 Å². The van der Waals surface area contributed by atoms with Crippen LogP contribution in [0.1, 0.15) is 25.7 Å². The first-order valence-corrected chi connectivity index (χ1v) is 5.89. The van der Waals surface area contributed by atoms with Crippen LogP contribution in [-0.2, 0) is 5.41 Å². The number of H-pyrrole nitrogens is 1. The van der Waals surface area contributed by atoms with Crippen molar-refractivity contribution in [3.05, 3.63) is 18.3 Å². The van der Waals surface area contributed by atoms with Gasteiger partial charge in [0.15, 0.2) is 5.82 Å². The van der Waals surface area contributed by atoms with Crippen molar-refractivity contribution in [3.63, 3.8) is 0 Å². The number of hydrogen-bond acceptors (Lipinski definition) is 5. The van der Waals surface area contributed by atoms with Crippen LogP contribution >= 0.6 is 0 Å². The molecule has 0 radical (unpaired) electrons. The van der Waals surface area contributed by atoms with Crippen molar-refractivity contribution < 1.29 is 4.52 Å². The lowest BCUT2D eigenvalue weighted by atomic mass is 9.84. The van der Waals surface area contributed by atoms with Gasteiger partial charge in [-0.1, -0.05) is 12.1 Å². The van der Waals surface area contributed by atoms with Gasteiger partial charge in [0, 0.05) is 18.9 Å². The van der Waals surface area contributed by atoms with Crippen molar-refractivity contribution in [2.75, 3.05) is 13.1 Å². The molecule has 1 fully saturated rings. The first kappa shape index (κ1) is 10.5. The maximum absolute atomic E-state index is 5.41. The number of hydrogen-bond donors (Lipinski definition) is 2. The summed E-state index contributed by atoms with van der Waals surface area (Å²) in [5.74, 6) is 1.90. The SMILES string of the molecule is CCC1(c2nc(-c3ncc[nH]3)no2)CCNC1. The minimum Gasteiger partial charge on any atom is -0.342 e. The number of imidazole rings is 1. The van der Waals surface area contributed by atoms with Gasteiger partial charge < -0.3 is 14.8 Å².